The average Bonchev–Trinajstić information content (AvgIpc) is 2.64. The van der Waals surface area contributed by atoms with E-state index in [0.29, 0.717) is 12.8 Å². The van der Waals surface area contributed by atoms with Gasteiger partial charge >= 0.3 is 0 Å². The Bertz CT molecular complexity index is 616. The van der Waals surface area contributed by atoms with Crippen molar-refractivity contribution in [2.24, 2.45) is 0 Å². The molecule has 3 heteroatoms. The summed E-state index contributed by atoms with van der Waals surface area (Å²) in [5.41, 5.74) is 1.59. The Kier molecular flexibility index (Phi) is 7.02. The van der Waals surface area contributed by atoms with Crippen LogP contribution in [-0.4, -0.2) is 34.6 Å². The summed E-state index contributed by atoms with van der Waals surface area (Å²) in [6.07, 6.45) is 0.658. The van der Waals surface area contributed by atoms with Crippen LogP contribution in [0.15, 0.2) is 60.7 Å². The fraction of sp³-hybridized carbons (Fsp3) is 0.333. The van der Waals surface area contributed by atoms with Crippen molar-refractivity contribution in [3.05, 3.63) is 71.8 Å². The van der Waals surface area contributed by atoms with Crippen molar-refractivity contribution in [2.45, 2.75) is 30.8 Å². The third-order valence-corrected chi connectivity index (χ3v) is 4.27. The Hall–Kier alpha value is -2.12. The van der Waals surface area contributed by atoms with Crippen molar-refractivity contribution in [2.75, 3.05) is 13.2 Å². The minimum Gasteiger partial charge on any atom is -0.396 e. The molecule has 0 fully saturated rings. The maximum absolute atomic E-state index is 10.2. The maximum Gasteiger partial charge on any atom is 0.116 e. The lowest BCUT2D eigenvalue weighted by Crippen LogP contribution is -2.32. The first kappa shape index (κ1) is 18.2. The van der Waals surface area contributed by atoms with Gasteiger partial charge < -0.3 is 15.3 Å². The van der Waals surface area contributed by atoms with Crippen LogP contribution in [-0.2, 0) is 5.41 Å². The fourth-order valence-corrected chi connectivity index (χ4v) is 2.89. The van der Waals surface area contributed by atoms with Crippen LogP contribution in [0.2, 0.25) is 0 Å². The van der Waals surface area contributed by atoms with Crippen molar-refractivity contribution in [1.29, 1.82) is 0 Å². The molecule has 0 bridgehead atoms. The van der Waals surface area contributed by atoms with Gasteiger partial charge in [0.15, 0.2) is 0 Å². The summed E-state index contributed by atoms with van der Waals surface area (Å²) in [7, 11) is 0. The zero-order valence-corrected chi connectivity index (χ0v) is 13.7. The van der Waals surface area contributed by atoms with E-state index in [1.807, 2.05) is 60.7 Å². The van der Waals surface area contributed by atoms with Gasteiger partial charge in [-0.05, 0) is 17.5 Å². The monoisotopic (exact) mass is 324 g/mol. The second-order valence-corrected chi connectivity index (χ2v) is 5.82. The first-order valence-electron chi connectivity index (χ1n) is 8.22. The van der Waals surface area contributed by atoms with Gasteiger partial charge in [-0.1, -0.05) is 66.6 Å². The summed E-state index contributed by atoms with van der Waals surface area (Å²) < 4.78 is 0. The number of aliphatic hydroxyl groups is 3. The third-order valence-electron chi connectivity index (χ3n) is 4.27. The topological polar surface area (TPSA) is 60.7 Å². The lowest BCUT2D eigenvalue weighted by molar-refractivity contribution is 0.177. The van der Waals surface area contributed by atoms with Crippen LogP contribution < -0.4 is 0 Å². The first-order valence-corrected chi connectivity index (χ1v) is 8.22. The summed E-state index contributed by atoms with van der Waals surface area (Å²) in [6, 6.07) is 19.9. The van der Waals surface area contributed by atoms with Gasteiger partial charge in [-0.3, -0.25) is 0 Å². The molecular formula is C21H24O3. The molecule has 0 heterocycles. The molecule has 0 radical (unpaired) electrons. The molecule has 126 valence electrons. The Morgan fingerprint density at radius 3 is 1.88 bits per heavy atom. The highest BCUT2D eigenvalue weighted by molar-refractivity contribution is 5.39. The summed E-state index contributed by atoms with van der Waals surface area (Å²) >= 11 is 0. The lowest BCUT2D eigenvalue weighted by atomic mass is 9.72. The Morgan fingerprint density at radius 1 is 0.875 bits per heavy atom. The molecule has 24 heavy (non-hydrogen) atoms. The molecule has 2 rings (SSSR count). The number of rotatable bonds is 7. The zero-order chi connectivity index (χ0) is 17.3. The van der Waals surface area contributed by atoms with Crippen LogP contribution in [0.1, 0.15) is 30.4 Å². The van der Waals surface area contributed by atoms with Crippen molar-refractivity contribution in [1.82, 2.24) is 0 Å². The highest BCUT2D eigenvalue weighted by Crippen LogP contribution is 2.36. The molecular weight excluding hydrogens is 300 g/mol. The van der Waals surface area contributed by atoms with E-state index in [-0.39, 0.29) is 19.6 Å². The largest absolute Gasteiger partial charge is 0.396 e. The number of benzene rings is 2. The molecule has 1 atom stereocenters. The van der Waals surface area contributed by atoms with Gasteiger partial charge in [0, 0.05) is 24.9 Å². The van der Waals surface area contributed by atoms with Gasteiger partial charge in [0.1, 0.15) is 6.10 Å². The standard InChI is InChI=1S/C21H24O3/c22-16-14-20(24)13-7-8-15-21(17-23,18-9-3-1-4-10-18)19-11-5-2-6-12-19/h1-6,9-12,20,22-24H,8,14-17H2. The van der Waals surface area contributed by atoms with E-state index >= 15 is 0 Å². The van der Waals surface area contributed by atoms with E-state index in [9.17, 15) is 10.2 Å². The molecule has 0 aliphatic heterocycles. The smallest absolute Gasteiger partial charge is 0.116 e. The predicted octanol–water partition coefficient (Wildman–Crippen LogP) is 2.49. The van der Waals surface area contributed by atoms with E-state index in [1.165, 1.54) is 0 Å². The predicted molar refractivity (Wildman–Crippen MR) is 95.5 cm³/mol. The molecule has 0 aromatic heterocycles. The van der Waals surface area contributed by atoms with Crippen molar-refractivity contribution < 1.29 is 15.3 Å². The summed E-state index contributed by atoms with van der Waals surface area (Å²) in [5, 5.41) is 28.6. The molecule has 0 amide bonds. The van der Waals surface area contributed by atoms with E-state index in [4.69, 9.17) is 5.11 Å². The molecule has 0 spiro atoms. The number of hydrogen-bond donors (Lipinski definition) is 3. The molecule has 3 N–H and O–H groups in total. The first-order chi connectivity index (χ1) is 11.7. The fourth-order valence-electron chi connectivity index (χ4n) is 2.89. The van der Waals surface area contributed by atoms with Gasteiger partial charge in [-0.2, -0.15) is 0 Å². The molecule has 2 aromatic carbocycles. The van der Waals surface area contributed by atoms with Crippen LogP contribution in [0.5, 0.6) is 0 Å². The van der Waals surface area contributed by atoms with Gasteiger partial charge in [0.05, 0.1) is 6.61 Å². The maximum atomic E-state index is 10.2. The Morgan fingerprint density at radius 2 is 1.42 bits per heavy atom. The summed E-state index contributed by atoms with van der Waals surface area (Å²) in [6.45, 7) is -0.0909. The van der Waals surface area contributed by atoms with Crippen LogP contribution in [0.25, 0.3) is 0 Å². The molecule has 1 unspecified atom stereocenters. The van der Waals surface area contributed by atoms with Gasteiger partial charge in [-0.25, -0.2) is 0 Å². The minimum absolute atomic E-state index is 0.0120. The van der Waals surface area contributed by atoms with Crippen LogP contribution in [0.3, 0.4) is 0 Å². The highest BCUT2D eigenvalue weighted by Gasteiger charge is 2.32. The van der Waals surface area contributed by atoms with E-state index in [2.05, 4.69) is 11.8 Å². The van der Waals surface area contributed by atoms with Crippen LogP contribution >= 0.6 is 0 Å². The highest BCUT2D eigenvalue weighted by atomic mass is 16.3. The normalized spacial score (nSPS) is 12.3. The Balaban J connectivity index is 2.27. The molecule has 0 aliphatic carbocycles. The van der Waals surface area contributed by atoms with E-state index in [1.54, 1.807) is 0 Å². The van der Waals surface area contributed by atoms with Gasteiger partial charge in [-0.15, -0.1) is 5.92 Å². The molecule has 2 aromatic rings. The van der Waals surface area contributed by atoms with Crippen molar-refractivity contribution >= 4 is 0 Å². The molecule has 3 nitrogen and oxygen atoms in total. The molecule has 0 aliphatic rings. The van der Waals surface area contributed by atoms with E-state index < -0.39 is 11.5 Å². The summed E-state index contributed by atoms with van der Waals surface area (Å²) in [5.74, 6) is 5.72. The molecule has 0 saturated heterocycles. The van der Waals surface area contributed by atoms with Gasteiger partial charge in [0.25, 0.3) is 0 Å². The van der Waals surface area contributed by atoms with Crippen molar-refractivity contribution in [3.63, 3.8) is 0 Å². The zero-order valence-electron chi connectivity index (χ0n) is 13.7. The Labute approximate surface area is 143 Å². The quantitative estimate of drug-likeness (QED) is 0.686. The number of hydrogen-bond acceptors (Lipinski definition) is 3. The number of aliphatic hydroxyl groups excluding tert-OH is 3. The second-order valence-electron chi connectivity index (χ2n) is 5.82. The lowest BCUT2D eigenvalue weighted by Gasteiger charge is -2.33. The van der Waals surface area contributed by atoms with Crippen LogP contribution in [0.4, 0.5) is 0 Å². The SMILES string of the molecule is OCCC(O)C#CCCC(CO)(c1ccccc1)c1ccccc1. The van der Waals surface area contributed by atoms with E-state index in [0.717, 1.165) is 11.1 Å². The average molecular weight is 324 g/mol. The summed E-state index contributed by atoms with van der Waals surface area (Å²) in [4.78, 5) is 0. The van der Waals surface area contributed by atoms with Crippen molar-refractivity contribution in [3.8, 4) is 11.8 Å². The molecule has 0 saturated carbocycles. The minimum atomic E-state index is -0.799. The second kappa shape index (κ2) is 9.24. The van der Waals surface area contributed by atoms with Gasteiger partial charge in [0.2, 0.25) is 0 Å². The third kappa shape index (κ3) is 4.46. The van der Waals surface area contributed by atoms with Crippen LogP contribution in [0, 0.1) is 11.8 Å².